The molecule has 0 aliphatic heterocycles. The number of rotatable bonds is 3. The van der Waals surface area contributed by atoms with Gasteiger partial charge in [0.15, 0.2) is 0 Å². The van der Waals surface area contributed by atoms with Crippen LogP contribution in [0, 0.1) is 13.8 Å². The van der Waals surface area contributed by atoms with E-state index in [1.54, 1.807) is 11.3 Å². The Hall–Kier alpha value is -1.89. The molecular weight excluding hydrogens is 299 g/mol. The van der Waals surface area contributed by atoms with Crippen LogP contribution < -0.4 is 5.43 Å². The molecule has 2 heterocycles. The van der Waals surface area contributed by atoms with Crippen molar-refractivity contribution in [2.75, 3.05) is 5.43 Å². The number of aromatic nitrogens is 1. The van der Waals surface area contributed by atoms with E-state index in [1.165, 1.54) is 10.9 Å². The van der Waals surface area contributed by atoms with E-state index < -0.39 is 11.7 Å². The van der Waals surface area contributed by atoms with E-state index in [9.17, 15) is 13.2 Å². The molecule has 0 fully saturated rings. The van der Waals surface area contributed by atoms with Crippen LogP contribution in [0.4, 0.5) is 19.0 Å². The zero-order chi connectivity index (χ0) is 15.6. The highest BCUT2D eigenvalue weighted by Crippen LogP contribution is 2.28. The van der Waals surface area contributed by atoms with Crippen molar-refractivity contribution in [3.63, 3.8) is 0 Å². The minimum Gasteiger partial charge on any atom is -0.261 e. The summed E-state index contributed by atoms with van der Waals surface area (Å²) in [5, 5.41) is 4.16. The van der Waals surface area contributed by atoms with Crippen molar-refractivity contribution in [2.24, 2.45) is 5.10 Å². The number of hydrazone groups is 1. The molecule has 2 rings (SSSR count). The van der Waals surface area contributed by atoms with Gasteiger partial charge in [-0.1, -0.05) is 0 Å². The molecule has 0 aromatic carbocycles. The molecule has 2 aromatic heterocycles. The number of alkyl halides is 3. The molecule has 0 aliphatic rings. The number of nitrogens with zero attached hydrogens (tertiary/aromatic N) is 2. The Bertz CT molecular complexity index is 657. The summed E-state index contributed by atoms with van der Waals surface area (Å²) >= 11 is 1.67. The van der Waals surface area contributed by atoms with Crippen molar-refractivity contribution in [2.45, 2.75) is 26.9 Å². The summed E-state index contributed by atoms with van der Waals surface area (Å²) in [4.78, 5) is 6.04. The Morgan fingerprint density at radius 2 is 2.00 bits per heavy atom. The maximum absolute atomic E-state index is 12.4. The van der Waals surface area contributed by atoms with Crippen molar-refractivity contribution < 1.29 is 13.2 Å². The summed E-state index contributed by atoms with van der Waals surface area (Å²) in [7, 11) is 0. The lowest BCUT2D eigenvalue weighted by atomic mass is 10.2. The highest BCUT2D eigenvalue weighted by atomic mass is 32.1. The average Bonchev–Trinajstić information content (AvgIpc) is 2.74. The number of nitrogens with one attached hydrogen (secondary N) is 1. The van der Waals surface area contributed by atoms with Crippen LogP contribution in [0.5, 0.6) is 0 Å². The van der Waals surface area contributed by atoms with E-state index in [4.69, 9.17) is 0 Å². The Balaban J connectivity index is 2.12. The zero-order valence-corrected chi connectivity index (χ0v) is 12.6. The van der Waals surface area contributed by atoms with Gasteiger partial charge in [0.2, 0.25) is 0 Å². The SMILES string of the molecule is C/C(=N/Nc1ccc(C(F)(F)F)cn1)c1cc(C)sc1C. The van der Waals surface area contributed by atoms with Crippen LogP contribution >= 0.6 is 11.3 Å². The van der Waals surface area contributed by atoms with Gasteiger partial charge in [-0.15, -0.1) is 11.3 Å². The number of aryl methyl sites for hydroxylation is 2. The number of pyridine rings is 1. The summed E-state index contributed by atoms with van der Waals surface area (Å²) in [6.45, 7) is 5.85. The number of halogens is 3. The van der Waals surface area contributed by atoms with Gasteiger partial charge in [0.25, 0.3) is 0 Å². The van der Waals surface area contributed by atoms with Crippen molar-refractivity contribution in [1.29, 1.82) is 0 Å². The van der Waals surface area contributed by atoms with Crippen molar-refractivity contribution >= 4 is 22.9 Å². The highest BCUT2D eigenvalue weighted by molar-refractivity contribution is 7.12. The molecule has 21 heavy (non-hydrogen) atoms. The van der Waals surface area contributed by atoms with Gasteiger partial charge in [-0.2, -0.15) is 18.3 Å². The first-order valence-corrected chi connectivity index (χ1v) is 7.00. The van der Waals surface area contributed by atoms with Crippen LogP contribution in [0.1, 0.15) is 27.8 Å². The lowest BCUT2D eigenvalue weighted by molar-refractivity contribution is -0.137. The smallest absolute Gasteiger partial charge is 0.261 e. The van der Waals surface area contributed by atoms with Crippen LogP contribution in [0.2, 0.25) is 0 Å². The van der Waals surface area contributed by atoms with Crippen molar-refractivity contribution in [3.05, 3.63) is 45.3 Å². The van der Waals surface area contributed by atoms with E-state index in [-0.39, 0.29) is 5.82 Å². The molecule has 1 N–H and O–H groups in total. The van der Waals surface area contributed by atoms with Crippen LogP contribution in [0.25, 0.3) is 0 Å². The Labute approximate surface area is 124 Å². The van der Waals surface area contributed by atoms with E-state index in [1.807, 2.05) is 26.8 Å². The third-order valence-corrected chi connectivity index (χ3v) is 3.83. The second kappa shape index (κ2) is 5.85. The Morgan fingerprint density at radius 3 is 2.48 bits per heavy atom. The molecule has 0 aliphatic carbocycles. The molecule has 0 bridgehead atoms. The molecule has 0 spiro atoms. The first kappa shape index (κ1) is 15.5. The van der Waals surface area contributed by atoms with Gasteiger partial charge < -0.3 is 0 Å². The molecule has 0 radical (unpaired) electrons. The molecule has 0 saturated heterocycles. The highest BCUT2D eigenvalue weighted by Gasteiger charge is 2.30. The molecule has 0 atom stereocenters. The third kappa shape index (κ3) is 3.81. The minimum atomic E-state index is -4.38. The fourth-order valence-electron chi connectivity index (χ4n) is 1.82. The standard InChI is InChI=1S/C14H14F3N3S/c1-8-6-12(10(3)21-8)9(2)19-20-13-5-4-11(7-18-13)14(15,16)17/h4-7H,1-3H3,(H,18,20)/b19-9-. The van der Waals surface area contributed by atoms with E-state index in [0.717, 1.165) is 28.4 Å². The molecule has 2 aromatic rings. The van der Waals surface area contributed by atoms with Gasteiger partial charge in [-0.25, -0.2) is 4.98 Å². The normalized spacial score (nSPS) is 12.6. The summed E-state index contributed by atoms with van der Waals surface area (Å²) in [6.07, 6.45) is -3.59. The second-order valence-electron chi connectivity index (χ2n) is 4.57. The summed E-state index contributed by atoms with van der Waals surface area (Å²) in [6, 6.07) is 4.26. The molecule has 3 nitrogen and oxygen atoms in total. The third-order valence-electron chi connectivity index (χ3n) is 2.86. The number of thiophene rings is 1. The summed E-state index contributed by atoms with van der Waals surface area (Å²) < 4.78 is 37.2. The van der Waals surface area contributed by atoms with Gasteiger partial charge >= 0.3 is 6.18 Å². The van der Waals surface area contributed by atoms with Gasteiger partial charge in [-0.05, 0) is 39.0 Å². The van der Waals surface area contributed by atoms with Crippen molar-refractivity contribution in [1.82, 2.24) is 4.98 Å². The average molecular weight is 313 g/mol. The largest absolute Gasteiger partial charge is 0.417 e. The predicted molar refractivity (Wildman–Crippen MR) is 78.9 cm³/mol. The predicted octanol–water partition coefficient (Wildman–Crippen LogP) is 4.61. The number of hydrogen-bond donors (Lipinski definition) is 1. The first-order chi connectivity index (χ1) is 9.77. The fourth-order valence-corrected chi connectivity index (χ4v) is 2.80. The van der Waals surface area contributed by atoms with Crippen LogP contribution in [-0.2, 0) is 6.18 Å². The zero-order valence-electron chi connectivity index (χ0n) is 11.7. The van der Waals surface area contributed by atoms with Crippen LogP contribution in [0.15, 0.2) is 29.5 Å². The maximum atomic E-state index is 12.4. The first-order valence-electron chi connectivity index (χ1n) is 6.18. The van der Waals surface area contributed by atoms with Crippen LogP contribution in [0.3, 0.4) is 0 Å². The molecule has 7 heteroatoms. The van der Waals surface area contributed by atoms with Gasteiger partial charge in [-0.3, -0.25) is 5.43 Å². The fraction of sp³-hybridized carbons (Fsp3) is 0.286. The lowest BCUT2D eigenvalue weighted by Crippen LogP contribution is -2.06. The molecule has 0 unspecified atom stereocenters. The Kier molecular flexibility index (Phi) is 4.32. The van der Waals surface area contributed by atoms with E-state index in [0.29, 0.717) is 0 Å². The van der Waals surface area contributed by atoms with E-state index in [2.05, 4.69) is 15.5 Å². The number of anilines is 1. The lowest BCUT2D eigenvalue weighted by Gasteiger charge is -2.07. The quantitative estimate of drug-likeness (QED) is 0.663. The maximum Gasteiger partial charge on any atom is 0.417 e. The molecule has 0 amide bonds. The van der Waals surface area contributed by atoms with Crippen molar-refractivity contribution in [3.8, 4) is 0 Å². The van der Waals surface area contributed by atoms with Gasteiger partial charge in [0, 0.05) is 21.5 Å². The number of hydrogen-bond acceptors (Lipinski definition) is 4. The second-order valence-corrected chi connectivity index (χ2v) is 6.03. The molecule has 0 saturated carbocycles. The molecular formula is C14H14F3N3S. The van der Waals surface area contributed by atoms with Gasteiger partial charge in [0.1, 0.15) is 5.82 Å². The summed E-state index contributed by atoms with van der Waals surface area (Å²) in [5.74, 6) is 0.270. The Morgan fingerprint density at radius 1 is 1.29 bits per heavy atom. The molecule has 112 valence electrons. The van der Waals surface area contributed by atoms with Gasteiger partial charge in [0.05, 0.1) is 11.3 Å². The monoisotopic (exact) mass is 313 g/mol. The summed E-state index contributed by atoms with van der Waals surface area (Å²) in [5.41, 5.74) is 3.68. The van der Waals surface area contributed by atoms with Crippen LogP contribution in [-0.4, -0.2) is 10.7 Å². The minimum absolute atomic E-state index is 0.270. The topological polar surface area (TPSA) is 37.3 Å². The van der Waals surface area contributed by atoms with E-state index >= 15 is 0 Å².